The van der Waals surface area contributed by atoms with E-state index in [0.29, 0.717) is 13.2 Å². The number of ether oxygens (including phenoxy) is 1. The van der Waals surface area contributed by atoms with E-state index in [1.807, 2.05) is 43.3 Å². The molecule has 1 amide bonds. The predicted molar refractivity (Wildman–Crippen MR) is 101 cm³/mol. The van der Waals surface area contributed by atoms with Crippen LogP contribution in [-0.4, -0.2) is 23.0 Å². The molecule has 1 aliphatic rings. The highest BCUT2D eigenvalue weighted by Crippen LogP contribution is 2.37. The number of hydrogen-bond acceptors (Lipinski definition) is 5. The Labute approximate surface area is 151 Å². The standard InChI is InChI=1S/C20H18N4O2/c1-2-26-17-8-16(10-21-11-17)14-5-6-18-19(9-14)24(13-25)12-15-4-3-7-22-20(15)23-18/h3-11,13H,2,12H2,1H3,(H,22,23). The molecule has 130 valence electrons. The topological polar surface area (TPSA) is 67.3 Å². The number of fused-ring (bicyclic) bond motifs is 2. The highest BCUT2D eigenvalue weighted by atomic mass is 16.5. The molecule has 6 heteroatoms. The first kappa shape index (κ1) is 16.1. The molecule has 0 bridgehead atoms. The second-order valence-corrected chi connectivity index (χ2v) is 5.94. The number of anilines is 3. The lowest BCUT2D eigenvalue weighted by Crippen LogP contribution is -2.19. The Morgan fingerprint density at radius 2 is 2.15 bits per heavy atom. The minimum absolute atomic E-state index is 0.466. The average molecular weight is 346 g/mol. The Bertz CT molecular complexity index is 958. The number of pyridine rings is 2. The number of amides is 1. The molecule has 0 radical (unpaired) electrons. The zero-order chi connectivity index (χ0) is 17.9. The second kappa shape index (κ2) is 6.84. The van der Waals surface area contributed by atoms with Crippen LogP contribution in [0.3, 0.4) is 0 Å². The molecule has 1 N–H and O–H groups in total. The van der Waals surface area contributed by atoms with Gasteiger partial charge in [-0.05, 0) is 36.8 Å². The van der Waals surface area contributed by atoms with E-state index in [2.05, 4.69) is 15.3 Å². The van der Waals surface area contributed by atoms with Gasteiger partial charge >= 0.3 is 0 Å². The van der Waals surface area contributed by atoms with Crippen molar-refractivity contribution in [1.82, 2.24) is 9.97 Å². The molecule has 0 fully saturated rings. The Morgan fingerprint density at radius 3 is 3.00 bits per heavy atom. The van der Waals surface area contributed by atoms with Crippen molar-refractivity contribution in [3.63, 3.8) is 0 Å². The molecule has 3 heterocycles. The van der Waals surface area contributed by atoms with Crippen LogP contribution >= 0.6 is 0 Å². The largest absolute Gasteiger partial charge is 0.492 e. The van der Waals surface area contributed by atoms with Gasteiger partial charge in [0.1, 0.15) is 11.6 Å². The zero-order valence-electron chi connectivity index (χ0n) is 14.3. The second-order valence-electron chi connectivity index (χ2n) is 5.94. The first-order chi connectivity index (χ1) is 12.8. The summed E-state index contributed by atoms with van der Waals surface area (Å²) in [5.41, 5.74) is 4.51. The van der Waals surface area contributed by atoms with E-state index in [1.165, 1.54) is 0 Å². The molecule has 0 spiro atoms. The average Bonchev–Trinajstić information content (AvgIpc) is 2.84. The van der Waals surface area contributed by atoms with Gasteiger partial charge in [0.25, 0.3) is 0 Å². The van der Waals surface area contributed by atoms with Crippen molar-refractivity contribution in [3.8, 4) is 16.9 Å². The lowest BCUT2D eigenvalue weighted by atomic mass is 10.1. The van der Waals surface area contributed by atoms with E-state index in [4.69, 9.17) is 4.74 Å². The number of nitrogens with one attached hydrogen (secondary N) is 1. The first-order valence-corrected chi connectivity index (χ1v) is 8.43. The van der Waals surface area contributed by atoms with Crippen LogP contribution in [0.2, 0.25) is 0 Å². The molecule has 4 rings (SSSR count). The van der Waals surface area contributed by atoms with Gasteiger partial charge in [-0.1, -0.05) is 12.1 Å². The maximum Gasteiger partial charge on any atom is 0.214 e. The van der Waals surface area contributed by atoms with Crippen molar-refractivity contribution in [2.45, 2.75) is 13.5 Å². The van der Waals surface area contributed by atoms with E-state index in [-0.39, 0.29) is 0 Å². The Balaban J connectivity index is 1.77. The van der Waals surface area contributed by atoms with Gasteiger partial charge in [-0.15, -0.1) is 0 Å². The predicted octanol–water partition coefficient (Wildman–Crippen LogP) is 3.76. The molecular weight excluding hydrogens is 328 g/mol. The van der Waals surface area contributed by atoms with E-state index < -0.39 is 0 Å². The maximum atomic E-state index is 11.7. The highest BCUT2D eigenvalue weighted by molar-refractivity contribution is 5.90. The maximum absolute atomic E-state index is 11.7. The van der Waals surface area contributed by atoms with Gasteiger partial charge in [0, 0.05) is 23.5 Å². The van der Waals surface area contributed by atoms with Crippen LogP contribution in [0.4, 0.5) is 17.2 Å². The fraction of sp³-hybridized carbons (Fsp3) is 0.150. The van der Waals surface area contributed by atoms with Crippen LogP contribution in [0, 0.1) is 0 Å². The van der Waals surface area contributed by atoms with E-state index in [9.17, 15) is 4.79 Å². The van der Waals surface area contributed by atoms with Crippen LogP contribution in [0.1, 0.15) is 12.5 Å². The van der Waals surface area contributed by atoms with Crippen LogP contribution in [0.15, 0.2) is 55.0 Å². The molecule has 2 aromatic heterocycles. The Morgan fingerprint density at radius 1 is 1.23 bits per heavy atom. The van der Waals surface area contributed by atoms with Gasteiger partial charge in [-0.2, -0.15) is 0 Å². The Hall–Kier alpha value is -3.41. The van der Waals surface area contributed by atoms with Gasteiger partial charge in [-0.25, -0.2) is 4.98 Å². The molecule has 0 atom stereocenters. The monoisotopic (exact) mass is 346 g/mol. The van der Waals surface area contributed by atoms with Gasteiger partial charge in [0.2, 0.25) is 6.41 Å². The van der Waals surface area contributed by atoms with E-state index in [0.717, 1.165) is 46.0 Å². The fourth-order valence-corrected chi connectivity index (χ4v) is 3.05. The number of benzene rings is 1. The summed E-state index contributed by atoms with van der Waals surface area (Å²) in [4.78, 5) is 22.0. The number of carbonyl (C=O) groups excluding carboxylic acids is 1. The van der Waals surface area contributed by atoms with Crippen molar-refractivity contribution in [2.24, 2.45) is 0 Å². The summed E-state index contributed by atoms with van der Waals surface area (Å²) < 4.78 is 5.54. The molecule has 3 aromatic rings. The van der Waals surface area contributed by atoms with Crippen molar-refractivity contribution in [3.05, 3.63) is 60.6 Å². The third kappa shape index (κ3) is 2.97. The molecular formula is C20H18N4O2. The normalized spacial score (nSPS) is 12.4. The number of carbonyl (C=O) groups is 1. The molecule has 0 aliphatic carbocycles. The molecule has 1 aromatic carbocycles. The third-order valence-electron chi connectivity index (χ3n) is 4.28. The zero-order valence-corrected chi connectivity index (χ0v) is 14.3. The van der Waals surface area contributed by atoms with Crippen LogP contribution in [-0.2, 0) is 11.3 Å². The van der Waals surface area contributed by atoms with Crippen molar-refractivity contribution in [1.29, 1.82) is 0 Å². The minimum Gasteiger partial charge on any atom is -0.492 e. The van der Waals surface area contributed by atoms with Gasteiger partial charge in [0.15, 0.2) is 0 Å². The summed E-state index contributed by atoms with van der Waals surface area (Å²) in [7, 11) is 0. The van der Waals surface area contributed by atoms with Crippen molar-refractivity contribution < 1.29 is 9.53 Å². The summed E-state index contributed by atoms with van der Waals surface area (Å²) in [6.45, 7) is 2.99. The SMILES string of the molecule is CCOc1cncc(-c2ccc3c(c2)N(C=O)Cc2cccnc2N3)c1. The lowest BCUT2D eigenvalue weighted by Gasteiger charge is -2.18. The van der Waals surface area contributed by atoms with Gasteiger partial charge in [-0.3, -0.25) is 9.78 Å². The Kier molecular flexibility index (Phi) is 4.23. The third-order valence-corrected chi connectivity index (χ3v) is 4.28. The molecule has 0 saturated heterocycles. The van der Waals surface area contributed by atoms with Crippen LogP contribution < -0.4 is 15.0 Å². The molecule has 0 saturated carbocycles. The number of aromatic nitrogens is 2. The van der Waals surface area contributed by atoms with Crippen molar-refractivity contribution in [2.75, 3.05) is 16.8 Å². The molecule has 0 unspecified atom stereocenters. The summed E-state index contributed by atoms with van der Waals surface area (Å²) in [6, 6.07) is 11.7. The summed E-state index contributed by atoms with van der Waals surface area (Å²) in [6.07, 6.45) is 6.07. The number of hydrogen-bond donors (Lipinski definition) is 1. The number of rotatable bonds is 4. The van der Waals surface area contributed by atoms with Gasteiger partial charge < -0.3 is 15.0 Å². The van der Waals surface area contributed by atoms with Crippen LogP contribution in [0.25, 0.3) is 11.1 Å². The molecule has 1 aliphatic heterocycles. The van der Waals surface area contributed by atoms with E-state index >= 15 is 0 Å². The summed E-state index contributed by atoms with van der Waals surface area (Å²) >= 11 is 0. The smallest absolute Gasteiger partial charge is 0.214 e. The highest BCUT2D eigenvalue weighted by Gasteiger charge is 2.20. The van der Waals surface area contributed by atoms with Gasteiger partial charge in [0.05, 0.1) is 30.7 Å². The van der Waals surface area contributed by atoms with E-state index in [1.54, 1.807) is 23.5 Å². The first-order valence-electron chi connectivity index (χ1n) is 8.43. The number of nitrogens with zero attached hydrogens (tertiary/aromatic N) is 3. The molecule has 26 heavy (non-hydrogen) atoms. The quantitative estimate of drug-likeness (QED) is 0.729. The van der Waals surface area contributed by atoms with Crippen molar-refractivity contribution >= 4 is 23.6 Å². The molecule has 6 nitrogen and oxygen atoms in total. The summed E-state index contributed by atoms with van der Waals surface area (Å²) in [5, 5.41) is 3.33. The summed E-state index contributed by atoms with van der Waals surface area (Å²) in [5.74, 6) is 1.49. The van der Waals surface area contributed by atoms with Crippen LogP contribution in [0.5, 0.6) is 5.75 Å². The minimum atomic E-state index is 0.466. The fourth-order valence-electron chi connectivity index (χ4n) is 3.05. The lowest BCUT2D eigenvalue weighted by molar-refractivity contribution is -0.107.